The molecule has 2 atom stereocenters. The number of aromatic nitrogens is 1. The van der Waals surface area contributed by atoms with Crippen LogP contribution in [-0.4, -0.2) is 23.0 Å². The zero-order chi connectivity index (χ0) is 21.5. The third-order valence-electron chi connectivity index (χ3n) is 4.91. The van der Waals surface area contributed by atoms with E-state index in [0.717, 1.165) is 23.2 Å². The zero-order valence-corrected chi connectivity index (χ0v) is 18.2. The van der Waals surface area contributed by atoms with E-state index in [0.29, 0.717) is 5.13 Å². The number of amides is 1. The molecule has 0 bridgehead atoms. The Balaban J connectivity index is 1.52. The summed E-state index contributed by atoms with van der Waals surface area (Å²) < 4.78 is 5.32. The van der Waals surface area contributed by atoms with Crippen molar-refractivity contribution in [1.29, 1.82) is 0 Å². The molecule has 1 heterocycles. The van der Waals surface area contributed by atoms with Crippen molar-refractivity contribution in [1.82, 2.24) is 4.98 Å². The molecule has 1 N–H and O–H groups in total. The number of ether oxygens (including phenoxy) is 1. The Morgan fingerprint density at radius 1 is 1.07 bits per heavy atom. The maximum absolute atomic E-state index is 12.4. The Morgan fingerprint density at radius 2 is 1.77 bits per heavy atom. The second kappa shape index (κ2) is 10.2. The lowest BCUT2D eigenvalue weighted by molar-refractivity contribution is -0.153. The van der Waals surface area contributed by atoms with Gasteiger partial charge in [-0.3, -0.25) is 14.9 Å². The van der Waals surface area contributed by atoms with Gasteiger partial charge in [0.2, 0.25) is 0 Å². The van der Waals surface area contributed by atoms with Gasteiger partial charge >= 0.3 is 5.97 Å². The smallest absolute Gasteiger partial charge is 0.307 e. The van der Waals surface area contributed by atoms with Gasteiger partial charge in [-0.2, -0.15) is 0 Å². The Labute approximate surface area is 181 Å². The molecule has 3 rings (SSSR count). The van der Waals surface area contributed by atoms with E-state index in [1.165, 1.54) is 16.9 Å². The predicted octanol–water partition coefficient (Wildman–Crippen LogP) is 5.44. The standard InChI is InChI=1S/C24H26N2O3S/c1-4-18-10-12-20(13-11-18)21-15-30-24(25-21)26-23(28)17(3)29-22(27)14-16(2)19-8-6-5-7-9-19/h5-13,15-17H,4,14H2,1-3H3,(H,25,26,28)/t16-,17+/m0/s1. The number of hydrogen-bond acceptors (Lipinski definition) is 5. The monoisotopic (exact) mass is 422 g/mol. The number of rotatable bonds is 8. The Bertz CT molecular complexity index is 983. The number of hydrogen-bond donors (Lipinski definition) is 1. The summed E-state index contributed by atoms with van der Waals surface area (Å²) in [6, 6.07) is 18.0. The highest BCUT2D eigenvalue weighted by molar-refractivity contribution is 7.14. The molecule has 0 saturated carbocycles. The number of carbonyl (C=O) groups is 2. The van der Waals surface area contributed by atoms with E-state index in [1.807, 2.05) is 54.8 Å². The number of benzene rings is 2. The molecule has 0 aliphatic heterocycles. The summed E-state index contributed by atoms with van der Waals surface area (Å²) in [5.41, 5.74) is 4.13. The molecular weight excluding hydrogens is 396 g/mol. The van der Waals surface area contributed by atoms with Crippen LogP contribution in [0.2, 0.25) is 0 Å². The SMILES string of the molecule is CCc1ccc(-c2csc(NC(=O)[C@@H](C)OC(=O)C[C@H](C)c3ccccc3)n2)cc1. The molecule has 0 spiro atoms. The van der Waals surface area contributed by atoms with E-state index in [-0.39, 0.29) is 12.3 Å². The minimum absolute atomic E-state index is 0.0228. The van der Waals surface area contributed by atoms with Crippen LogP contribution in [0.25, 0.3) is 11.3 Å². The van der Waals surface area contributed by atoms with Crippen molar-refractivity contribution in [3.05, 3.63) is 71.1 Å². The van der Waals surface area contributed by atoms with E-state index in [4.69, 9.17) is 4.74 Å². The summed E-state index contributed by atoms with van der Waals surface area (Å²) in [7, 11) is 0. The molecule has 0 aliphatic rings. The predicted molar refractivity (Wildman–Crippen MR) is 121 cm³/mol. The maximum atomic E-state index is 12.4. The van der Waals surface area contributed by atoms with E-state index in [1.54, 1.807) is 6.92 Å². The van der Waals surface area contributed by atoms with Crippen LogP contribution < -0.4 is 5.32 Å². The minimum Gasteiger partial charge on any atom is -0.453 e. The van der Waals surface area contributed by atoms with Gasteiger partial charge in [-0.15, -0.1) is 11.3 Å². The molecule has 0 unspecified atom stereocenters. The van der Waals surface area contributed by atoms with Gasteiger partial charge in [0.1, 0.15) is 0 Å². The van der Waals surface area contributed by atoms with Crippen molar-refractivity contribution in [3.63, 3.8) is 0 Å². The molecule has 156 valence electrons. The molecule has 0 aliphatic carbocycles. The van der Waals surface area contributed by atoms with E-state index in [2.05, 4.69) is 29.4 Å². The number of nitrogens with one attached hydrogen (secondary N) is 1. The molecule has 0 fully saturated rings. The molecule has 30 heavy (non-hydrogen) atoms. The lowest BCUT2D eigenvalue weighted by Gasteiger charge is -2.15. The molecule has 5 nitrogen and oxygen atoms in total. The topological polar surface area (TPSA) is 68.3 Å². The average molecular weight is 423 g/mol. The summed E-state index contributed by atoms with van der Waals surface area (Å²) in [4.78, 5) is 29.1. The van der Waals surface area contributed by atoms with Crippen LogP contribution >= 0.6 is 11.3 Å². The van der Waals surface area contributed by atoms with Crippen molar-refractivity contribution < 1.29 is 14.3 Å². The Kier molecular flexibility index (Phi) is 7.36. The van der Waals surface area contributed by atoms with E-state index < -0.39 is 18.0 Å². The van der Waals surface area contributed by atoms with Crippen molar-refractivity contribution in [3.8, 4) is 11.3 Å². The second-order valence-electron chi connectivity index (χ2n) is 7.23. The molecule has 1 amide bonds. The van der Waals surface area contributed by atoms with Gasteiger partial charge in [0.25, 0.3) is 5.91 Å². The first-order chi connectivity index (χ1) is 14.5. The molecular formula is C24H26N2O3S. The highest BCUT2D eigenvalue weighted by atomic mass is 32.1. The molecule has 2 aromatic carbocycles. The van der Waals surface area contributed by atoms with Crippen molar-refractivity contribution in [2.45, 2.75) is 45.6 Å². The maximum Gasteiger partial charge on any atom is 0.307 e. The largest absolute Gasteiger partial charge is 0.453 e. The first-order valence-electron chi connectivity index (χ1n) is 10.1. The van der Waals surface area contributed by atoms with Gasteiger partial charge in [-0.25, -0.2) is 4.98 Å². The zero-order valence-electron chi connectivity index (χ0n) is 17.4. The number of esters is 1. The van der Waals surface area contributed by atoms with Gasteiger partial charge in [-0.1, -0.05) is 68.4 Å². The quantitative estimate of drug-likeness (QED) is 0.491. The molecule has 6 heteroatoms. The second-order valence-corrected chi connectivity index (χ2v) is 8.08. The lowest BCUT2D eigenvalue weighted by atomic mass is 9.98. The van der Waals surface area contributed by atoms with E-state index >= 15 is 0 Å². The lowest BCUT2D eigenvalue weighted by Crippen LogP contribution is -2.30. The normalized spacial score (nSPS) is 12.8. The Morgan fingerprint density at radius 3 is 2.43 bits per heavy atom. The number of aryl methyl sites for hydroxylation is 1. The molecule has 1 aromatic heterocycles. The third kappa shape index (κ3) is 5.76. The van der Waals surface area contributed by atoms with Gasteiger partial charge in [0, 0.05) is 10.9 Å². The van der Waals surface area contributed by atoms with Crippen molar-refractivity contribution in [2.75, 3.05) is 5.32 Å². The van der Waals surface area contributed by atoms with Crippen LogP contribution in [0.15, 0.2) is 60.0 Å². The van der Waals surface area contributed by atoms with Gasteiger partial charge in [0.05, 0.1) is 12.1 Å². The number of nitrogens with zero attached hydrogens (tertiary/aromatic N) is 1. The fourth-order valence-corrected chi connectivity index (χ4v) is 3.75. The third-order valence-corrected chi connectivity index (χ3v) is 5.67. The number of carbonyl (C=O) groups excluding carboxylic acids is 2. The molecule has 0 saturated heterocycles. The minimum atomic E-state index is -0.892. The summed E-state index contributed by atoms with van der Waals surface area (Å²) in [6.07, 6.45) is 0.313. The summed E-state index contributed by atoms with van der Waals surface area (Å²) >= 11 is 1.34. The fraction of sp³-hybridized carbons (Fsp3) is 0.292. The average Bonchev–Trinajstić information content (AvgIpc) is 3.22. The van der Waals surface area contributed by atoms with Crippen LogP contribution in [0.3, 0.4) is 0 Å². The van der Waals surface area contributed by atoms with Gasteiger partial charge in [-0.05, 0) is 30.4 Å². The summed E-state index contributed by atoms with van der Waals surface area (Å²) in [5, 5.41) is 5.12. The number of thiazole rings is 1. The summed E-state index contributed by atoms with van der Waals surface area (Å²) in [5.74, 6) is -0.766. The Hall–Kier alpha value is -2.99. The highest BCUT2D eigenvalue weighted by Crippen LogP contribution is 2.25. The number of anilines is 1. The van der Waals surface area contributed by atoms with Gasteiger partial charge < -0.3 is 4.74 Å². The van der Waals surface area contributed by atoms with Crippen LogP contribution in [0.1, 0.15) is 44.2 Å². The van der Waals surface area contributed by atoms with Crippen LogP contribution in [0.5, 0.6) is 0 Å². The highest BCUT2D eigenvalue weighted by Gasteiger charge is 2.21. The van der Waals surface area contributed by atoms with Gasteiger partial charge in [0.15, 0.2) is 11.2 Å². The fourth-order valence-electron chi connectivity index (χ4n) is 3.03. The summed E-state index contributed by atoms with van der Waals surface area (Å²) in [6.45, 7) is 5.64. The van der Waals surface area contributed by atoms with Crippen LogP contribution in [0, 0.1) is 0 Å². The van der Waals surface area contributed by atoms with Crippen LogP contribution in [-0.2, 0) is 20.7 Å². The van der Waals surface area contributed by atoms with Crippen LogP contribution in [0.4, 0.5) is 5.13 Å². The van der Waals surface area contributed by atoms with Crippen molar-refractivity contribution >= 4 is 28.3 Å². The van der Waals surface area contributed by atoms with Crippen molar-refractivity contribution in [2.24, 2.45) is 0 Å². The van der Waals surface area contributed by atoms with E-state index in [9.17, 15) is 9.59 Å². The first-order valence-corrected chi connectivity index (χ1v) is 10.9. The molecule has 0 radical (unpaired) electrons. The first kappa shape index (κ1) is 21.7. The molecule has 3 aromatic rings.